The number of ether oxygens (including phenoxy) is 1. The molecule has 0 aliphatic rings. The molecule has 0 aliphatic heterocycles. The van der Waals surface area contributed by atoms with Crippen LogP contribution in [0.15, 0.2) is 24.3 Å². The molecule has 0 saturated carbocycles. The lowest BCUT2D eigenvalue weighted by atomic mass is 9.94. The molecular weight excluding hydrogens is 304 g/mol. The first kappa shape index (κ1) is 20.2. The topological polar surface area (TPSA) is 63.6 Å². The average molecular weight is 334 g/mol. The molecule has 1 aromatic carbocycles. The molecule has 4 nitrogen and oxygen atoms in total. The van der Waals surface area contributed by atoms with Crippen LogP contribution in [0.1, 0.15) is 86.4 Å². The van der Waals surface area contributed by atoms with Crippen LogP contribution in [0.25, 0.3) is 0 Å². The molecule has 1 aromatic rings. The van der Waals surface area contributed by atoms with Crippen molar-refractivity contribution in [3.05, 3.63) is 35.4 Å². The fourth-order valence-corrected chi connectivity index (χ4v) is 2.92. The van der Waals surface area contributed by atoms with Gasteiger partial charge in [-0.25, -0.2) is 9.59 Å². The zero-order valence-electron chi connectivity index (χ0n) is 15.1. The molecule has 2 unspecified atom stereocenters. The third-order valence-corrected chi connectivity index (χ3v) is 4.36. The van der Waals surface area contributed by atoms with E-state index in [9.17, 15) is 14.7 Å². The van der Waals surface area contributed by atoms with E-state index in [2.05, 4.69) is 20.8 Å². The summed E-state index contributed by atoms with van der Waals surface area (Å²) in [4.78, 5) is 23.8. The minimum Gasteiger partial charge on any atom is -0.478 e. The van der Waals surface area contributed by atoms with E-state index >= 15 is 0 Å². The van der Waals surface area contributed by atoms with Gasteiger partial charge in [-0.05, 0) is 37.3 Å². The third kappa shape index (κ3) is 6.34. The highest BCUT2D eigenvalue weighted by atomic mass is 16.5. The predicted octanol–water partition coefficient (Wildman–Crippen LogP) is 5.32. The third-order valence-electron chi connectivity index (χ3n) is 4.36. The number of carboxylic acid groups (broad SMARTS) is 1. The van der Waals surface area contributed by atoms with Crippen molar-refractivity contribution in [3.8, 4) is 0 Å². The molecule has 1 N–H and O–H groups in total. The molecule has 134 valence electrons. The summed E-state index contributed by atoms with van der Waals surface area (Å²) in [5.74, 6) is -1.36. The van der Waals surface area contributed by atoms with Crippen LogP contribution in [0.3, 0.4) is 0 Å². The average Bonchev–Trinajstić information content (AvgIpc) is 2.57. The number of hydrogen-bond donors (Lipinski definition) is 1. The van der Waals surface area contributed by atoms with Gasteiger partial charge < -0.3 is 9.84 Å². The maximum absolute atomic E-state index is 12.5. The minimum absolute atomic E-state index is 0.00428. The van der Waals surface area contributed by atoms with E-state index in [1.807, 2.05) is 0 Å². The van der Waals surface area contributed by atoms with Crippen LogP contribution < -0.4 is 0 Å². The first-order valence-corrected chi connectivity index (χ1v) is 9.04. The van der Waals surface area contributed by atoms with Crippen LogP contribution in [0.4, 0.5) is 0 Å². The highest BCUT2D eigenvalue weighted by molar-refractivity contribution is 6.02. The Kier molecular flexibility index (Phi) is 9.13. The molecule has 1 rings (SSSR count). The quantitative estimate of drug-likeness (QED) is 0.439. The van der Waals surface area contributed by atoms with Crippen molar-refractivity contribution in [1.82, 2.24) is 0 Å². The first-order valence-electron chi connectivity index (χ1n) is 9.04. The molecule has 24 heavy (non-hydrogen) atoms. The first-order chi connectivity index (χ1) is 11.5. The Bertz CT molecular complexity index is 524. The predicted molar refractivity (Wildman–Crippen MR) is 95.4 cm³/mol. The minimum atomic E-state index is -1.11. The molecular formula is C20H30O4. The molecule has 0 aromatic heterocycles. The fraction of sp³-hybridized carbons (Fsp3) is 0.600. The number of carbonyl (C=O) groups excluding carboxylic acids is 1. The number of benzene rings is 1. The second-order valence-electron chi connectivity index (χ2n) is 6.41. The van der Waals surface area contributed by atoms with E-state index in [-0.39, 0.29) is 23.1 Å². The van der Waals surface area contributed by atoms with Crippen molar-refractivity contribution in [2.45, 2.75) is 71.8 Å². The van der Waals surface area contributed by atoms with Gasteiger partial charge >= 0.3 is 11.9 Å². The monoisotopic (exact) mass is 334 g/mol. The van der Waals surface area contributed by atoms with E-state index in [0.717, 1.165) is 32.1 Å². The zero-order valence-corrected chi connectivity index (χ0v) is 15.1. The Morgan fingerprint density at radius 2 is 1.67 bits per heavy atom. The Morgan fingerprint density at radius 1 is 1.00 bits per heavy atom. The lowest BCUT2D eigenvalue weighted by molar-refractivity contribution is 0.0111. The van der Waals surface area contributed by atoms with Gasteiger partial charge in [-0.2, -0.15) is 0 Å². The standard InChI is InChI=1S/C20H30O4/c1-4-6-7-8-14-18(15(3)11-5-2)24-20(23)17-13-10-9-12-16(17)19(21)22/h9-10,12-13,15,18H,4-8,11,14H2,1-3H3,(H,21,22). The van der Waals surface area contributed by atoms with Crippen LogP contribution in [-0.4, -0.2) is 23.1 Å². The van der Waals surface area contributed by atoms with Gasteiger partial charge in [0.15, 0.2) is 0 Å². The van der Waals surface area contributed by atoms with E-state index in [1.54, 1.807) is 12.1 Å². The SMILES string of the molecule is CCCCCCC(OC(=O)c1ccccc1C(=O)O)C(C)CCC. The van der Waals surface area contributed by atoms with E-state index in [0.29, 0.717) is 0 Å². The van der Waals surface area contributed by atoms with E-state index in [4.69, 9.17) is 4.74 Å². The van der Waals surface area contributed by atoms with Crippen LogP contribution in [0.5, 0.6) is 0 Å². The summed E-state index contributed by atoms with van der Waals surface area (Å²) in [5.41, 5.74) is 0.127. The number of carbonyl (C=O) groups is 2. The normalized spacial score (nSPS) is 13.3. The molecule has 0 aliphatic carbocycles. The smallest absolute Gasteiger partial charge is 0.339 e. The molecule has 2 atom stereocenters. The van der Waals surface area contributed by atoms with Gasteiger partial charge in [-0.15, -0.1) is 0 Å². The lowest BCUT2D eigenvalue weighted by Gasteiger charge is -2.24. The van der Waals surface area contributed by atoms with Crippen molar-refractivity contribution < 1.29 is 19.4 Å². The number of unbranched alkanes of at least 4 members (excludes halogenated alkanes) is 3. The highest BCUT2D eigenvalue weighted by Gasteiger charge is 2.24. The molecule has 4 heteroatoms. The van der Waals surface area contributed by atoms with Crippen LogP contribution in [-0.2, 0) is 4.74 Å². The van der Waals surface area contributed by atoms with E-state index in [1.165, 1.54) is 25.0 Å². The number of aromatic carboxylic acids is 1. The van der Waals surface area contributed by atoms with Gasteiger partial charge in [0.1, 0.15) is 6.10 Å². The summed E-state index contributed by atoms with van der Waals surface area (Å²) in [5, 5.41) is 9.23. The number of carboxylic acids is 1. The summed E-state index contributed by atoms with van der Waals surface area (Å²) in [6, 6.07) is 6.23. The Balaban J connectivity index is 2.80. The summed E-state index contributed by atoms with van der Waals surface area (Å²) in [6.07, 6.45) is 7.22. The second kappa shape index (κ2) is 10.8. The van der Waals surface area contributed by atoms with Gasteiger partial charge in [-0.1, -0.05) is 58.6 Å². The molecule has 0 fully saturated rings. The Morgan fingerprint density at radius 3 is 2.25 bits per heavy atom. The summed E-state index contributed by atoms with van der Waals surface area (Å²) in [7, 11) is 0. The molecule has 0 bridgehead atoms. The molecule has 0 heterocycles. The fourth-order valence-electron chi connectivity index (χ4n) is 2.92. The van der Waals surface area contributed by atoms with Crippen molar-refractivity contribution >= 4 is 11.9 Å². The molecule has 0 saturated heterocycles. The highest BCUT2D eigenvalue weighted by Crippen LogP contribution is 2.22. The van der Waals surface area contributed by atoms with Crippen molar-refractivity contribution in [1.29, 1.82) is 0 Å². The maximum atomic E-state index is 12.5. The number of esters is 1. The van der Waals surface area contributed by atoms with Crippen LogP contribution in [0.2, 0.25) is 0 Å². The van der Waals surface area contributed by atoms with E-state index < -0.39 is 11.9 Å². The summed E-state index contributed by atoms with van der Waals surface area (Å²) < 4.78 is 5.72. The van der Waals surface area contributed by atoms with Crippen LogP contribution in [0, 0.1) is 5.92 Å². The van der Waals surface area contributed by atoms with Crippen LogP contribution >= 0.6 is 0 Å². The molecule has 0 amide bonds. The van der Waals surface area contributed by atoms with Crippen molar-refractivity contribution in [2.75, 3.05) is 0 Å². The lowest BCUT2D eigenvalue weighted by Crippen LogP contribution is -2.26. The largest absolute Gasteiger partial charge is 0.478 e. The van der Waals surface area contributed by atoms with Gasteiger partial charge in [0.25, 0.3) is 0 Å². The van der Waals surface area contributed by atoms with Gasteiger partial charge in [0, 0.05) is 0 Å². The van der Waals surface area contributed by atoms with Gasteiger partial charge in [0.2, 0.25) is 0 Å². The van der Waals surface area contributed by atoms with Crippen molar-refractivity contribution in [2.24, 2.45) is 5.92 Å². The summed E-state index contributed by atoms with van der Waals surface area (Å²) in [6.45, 7) is 6.39. The van der Waals surface area contributed by atoms with Gasteiger partial charge in [0.05, 0.1) is 11.1 Å². The Hall–Kier alpha value is -1.84. The Labute approximate surface area is 145 Å². The number of rotatable bonds is 11. The molecule has 0 spiro atoms. The molecule has 0 radical (unpaired) electrons. The second-order valence-corrected chi connectivity index (χ2v) is 6.41. The van der Waals surface area contributed by atoms with Gasteiger partial charge in [-0.3, -0.25) is 0 Å². The maximum Gasteiger partial charge on any atom is 0.339 e. The number of hydrogen-bond acceptors (Lipinski definition) is 3. The zero-order chi connectivity index (χ0) is 17.9. The summed E-state index contributed by atoms with van der Waals surface area (Å²) >= 11 is 0. The van der Waals surface area contributed by atoms with Crippen molar-refractivity contribution in [3.63, 3.8) is 0 Å².